The number of ether oxygens (including phenoxy) is 3. The van der Waals surface area contributed by atoms with Crippen LogP contribution in [0, 0.1) is 0 Å². The van der Waals surface area contributed by atoms with Gasteiger partial charge >= 0.3 is 17.9 Å². The number of hydrogen-bond donors (Lipinski definition) is 0. The Kier molecular flexibility index (Phi) is 62.7. The lowest BCUT2D eigenvalue weighted by atomic mass is 10.0. The van der Waals surface area contributed by atoms with Crippen LogP contribution in [0.5, 0.6) is 0 Å². The van der Waals surface area contributed by atoms with E-state index < -0.39 is 6.10 Å². The van der Waals surface area contributed by atoms with Crippen molar-refractivity contribution in [1.29, 1.82) is 0 Å². The number of carbonyl (C=O) groups excluding carboxylic acids is 3. The molecular formula is C71H126O6. The van der Waals surface area contributed by atoms with E-state index in [1.54, 1.807) is 0 Å². The molecule has 0 aromatic rings. The molecule has 0 rings (SSSR count). The summed E-state index contributed by atoms with van der Waals surface area (Å²) in [6, 6.07) is 0. The Bertz CT molecular complexity index is 1420. The van der Waals surface area contributed by atoms with Gasteiger partial charge in [-0.3, -0.25) is 14.4 Å². The Morgan fingerprint density at radius 1 is 0.273 bits per heavy atom. The van der Waals surface area contributed by atoms with Crippen molar-refractivity contribution >= 4 is 17.9 Å². The first-order valence-corrected chi connectivity index (χ1v) is 33.4. The largest absolute Gasteiger partial charge is 0.462 e. The van der Waals surface area contributed by atoms with E-state index >= 15 is 0 Å². The normalized spacial score (nSPS) is 12.5. The zero-order valence-electron chi connectivity index (χ0n) is 51.2. The standard InChI is InChI=1S/C71H126O6/c1-4-7-10-13-16-19-22-25-28-31-34-35-38-40-43-46-49-52-55-58-61-64-70(73)76-67-68(77-71(74)65-62-59-56-53-50-47-44-41-37-33-30-27-24-21-18-15-12-9-6-3)66-75-69(72)63-60-57-54-51-48-45-42-39-36-32-29-26-23-20-17-14-11-8-5-2/h9,12,18,21,27,30-31,34,37,41,47,50,68H,4-8,10-11,13-17,19-20,22-26,28-29,32-33,35-36,38-40,42-46,48-49,51-67H2,1-3H3/b12-9-,21-18-,30-27-,34-31-,41-37-,50-47-. The van der Waals surface area contributed by atoms with Crippen LogP contribution >= 0.6 is 0 Å². The number of esters is 3. The molecule has 0 radical (unpaired) electrons. The van der Waals surface area contributed by atoms with Crippen LogP contribution in [0.25, 0.3) is 0 Å². The van der Waals surface area contributed by atoms with Crippen LogP contribution < -0.4 is 0 Å². The van der Waals surface area contributed by atoms with Gasteiger partial charge in [-0.1, -0.05) is 306 Å². The highest BCUT2D eigenvalue weighted by Crippen LogP contribution is 2.17. The van der Waals surface area contributed by atoms with Crippen molar-refractivity contribution in [1.82, 2.24) is 0 Å². The number of allylic oxidation sites excluding steroid dienone is 12. The Balaban J connectivity index is 4.40. The first-order chi connectivity index (χ1) is 38.0. The fourth-order valence-electron chi connectivity index (χ4n) is 9.70. The molecule has 0 bridgehead atoms. The highest BCUT2D eigenvalue weighted by atomic mass is 16.6. The van der Waals surface area contributed by atoms with Gasteiger partial charge in [0.25, 0.3) is 0 Å². The maximum absolute atomic E-state index is 12.9. The highest BCUT2D eigenvalue weighted by Gasteiger charge is 2.19. The minimum Gasteiger partial charge on any atom is -0.462 e. The number of carbonyl (C=O) groups is 3. The smallest absolute Gasteiger partial charge is 0.306 e. The first kappa shape index (κ1) is 73.8. The topological polar surface area (TPSA) is 78.9 Å². The average Bonchev–Trinajstić information content (AvgIpc) is 3.43. The zero-order valence-corrected chi connectivity index (χ0v) is 51.2. The average molecular weight is 1080 g/mol. The number of unbranched alkanes of at least 4 members (excludes halogenated alkanes) is 38. The summed E-state index contributed by atoms with van der Waals surface area (Å²) in [5, 5.41) is 0. The second-order valence-corrected chi connectivity index (χ2v) is 22.4. The molecule has 0 aliphatic carbocycles. The highest BCUT2D eigenvalue weighted by molar-refractivity contribution is 5.71. The van der Waals surface area contributed by atoms with Gasteiger partial charge in [0.15, 0.2) is 6.10 Å². The van der Waals surface area contributed by atoms with Crippen molar-refractivity contribution in [2.75, 3.05) is 13.2 Å². The van der Waals surface area contributed by atoms with Crippen molar-refractivity contribution in [3.05, 3.63) is 72.9 Å². The lowest BCUT2D eigenvalue weighted by Crippen LogP contribution is -2.30. The van der Waals surface area contributed by atoms with Gasteiger partial charge in [-0.15, -0.1) is 0 Å². The molecule has 0 heterocycles. The van der Waals surface area contributed by atoms with Gasteiger partial charge in [-0.25, -0.2) is 0 Å². The summed E-state index contributed by atoms with van der Waals surface area (Å²) in [5.74, 6) is -0.901. The molecule has 0 aromatic heterocycles. The van der Waals surface area contributed by atoms with Crippen LogP contribution in [-0.4, -0.2) is 37.2 Å². The molecular weight excluding hydrogens is 949 g/mol. The Morgan fingerprint density at radius 3 is 0.818 bits per heavy atom. The van der Waals surface area contributed by atoms with Crippen LogP contribution in [0.15, 0.2) is 72.9 Å². The van der Waals surface area contributed by atoms with Crippen LogP contribution in [0.1, 0.15) is 342 Å². The molecule has 6 nitrogen and oxygen atoms in total. The number of rotatable bonds is 61. The molecule has 1 unspecified atom stereocenters. The summed E-state index contributed by atoms with van der Waals surface area (Å²) in [4.78, 5) is 38.4. The van der Waals surface area contributed by atoms with E-state index in [0.717, 1.165) is 96.3 Å². The maximum atomic E-state index is 12.9. The second kappa shape index (κ2) is 65.4. The minimum absolute atomic E-state index is 0.0862. The maximum Gasteiger partial charge on any atom is 0.306 e. The van der Waals surface area contributed by atoms with Gasteiger partial charge in [0, 0.05) is 19.3 Å². The fourth-order valence-corrected chi connectivity index (χ4v) is 9.70. The van der Waals surface area contributed by atoms with E-state index in [9.17, 15) is 14.4 Å². The third kappa shape index (κ3) is 63.6. The van der Waals surface area contributed by atoms with Gasteiger partial charge in [-0.05, 0) is 89.9 Å². The van der Waals surface area contributed by atoms with Crippen molar-refractivity contribution in [3.63, 3.8) is 0 Å². The van der Waals surface area contributed by atoms with Gasteiger partial charge in [0.05, 0.1) is 0 Å². The molecule has 0 N–H and O–H groups in total. The van der Waals surface area contributed by atoms with Gasteiger partial charge in [0.2, 0.25) is 0 Å². The van der Waals surface area contributed by atoms with Gasteiger partial charge in [0.1, 0.15) is 13.2 Å². The van der Waals surface area contributed by atoms with E-state index in [1.807, 2.05) is 0 Å². The Hall–Kier alpha value is -3.15. The quantitative estimate of drug-likeness (QED) is 0.0261. The summed E-state index contributed by atoms with van der Waals surface area (Å²) < 4.78 is 16.9. The molecule has 0 spiro atoms. The summed E-state index contributed by atoms with van der Waals surface area (Å²) in [6.07, 6.45) is 84.8. The first-order valence-electron chi connectivity index (χ1n) is 33.4. The second-order valence-electron chi connectivity index (χ2n) is 22.4. The van der Waals surface area contributed by atoms with Crippen molar-refractivity contribution in [3.8, 4) is 0 Å². The molecule has 0 aliphatic heterocycles. The zero-order chi connectivity index (χ0) is 55.7. The molecule has 0 saturated heterocycles. The summed E-state index contributed by atoms with van der Waals surface area (Å²) in [5.41, 5.74) is 0. The lowest BCUT2D eigenvalue weighted by molar-refractivity contribution is -0.167. The predicted molar refractivity (Wildman–Crippen MR) is 335 cm³/mol. The summed E-state index contributed by atoms with van der Waals surface area (Å²) in [7, 11) is 0. The number of hydrogen-bond acceptors (Lipinski definition) is 6. The van der Waals surface area contributed by atoms with Crippen LogP contribution in [0.3, 0.4) is 0 Å². The van der Waals surface area contributed by atoms with E-state index in [-0.39, 0.29) is 31.1 Å². The Labute approximate surface area is 478 Å². The van der Waals surface area contributed by atoms with Gasteiger partial charge in [-0.2, -0.15) is 0 Å². The van der Waals surface area contributed by atoms with E-state index in [1.165, 1.54) is 205 Å². The molecule has 0 aromatic carbocycles. The van der Waals surface area contributed by atoms with Crippen molar-refractivity contribution in [2.45, 2.75) is 348 Å². The van der Waals surface area contributed by atoms with E-state index in [4.69, 9.17) is 14.2 Å². The SMILES string of the molecule is CC/C=C\C/C=C\C/C=C\C/C=C\C/C=C\CCCCCC(=O)OC(COC(=O)CCCCCCCCCCC/C=C\CCCCCCCCCC)COC(=O)CCCCCCCCCCCCCCCCCCCCC. The van der Waals surface area contributed by atoms with Gasteiger partial charge < -0.3 is 14.2 Å². The minimum atomic E-state index is -0.794. The summed E-state index contributed by atoms with van der Waals surface area (Å²) in [6.45, 7) is 6.55. The van der Waals surface area contributed by atoms with Crippen LogP contribution in [0.2, 0.25) is 0 Å². The third-order valence-corrected chi connectivity index (χ3v) is 14.7. The van der Waals surface area contributed by atoms with E-state index in [0.29, 0.717) is 19.3 Å². The molecule has 77 heavy (non-hydrogen) atoms. The lowest BCUT2D eigenvalue weighted by Gasteiger charge is -2.18. The fraction of sp³-hybridized carbons (Fsp3) is 0.789. The van der Waals surface area contributed by atoms with Crippen LogP contribution in [0.4, 0.5) is 0 Å². The molecule has 446 valence electrons. The molecule has 0 aliphatic rings. The van der Waals surface area contributed by atoms with E-state index in [2.05, 4.69) is 93.7 Å². The van der Waals surface area contributed by atoms with Crippen LogP contribution in [-0.2, 0) is 28.6 Å². The predicted octanol–water partition coefficient (Wildman–Crippen LogP) is 22.9. The Morgan fingerprint density at radius 2 is 0.506 bits per heavy atom. The van der Waals surface area contributed by atoms with Crippen molar-refractivity contribution < 1.29 is 28.6 Å². The summed E-state index contributed by atoms with van der Waals surface area (Å²) >= 11 is 0. The molecule has 0 fully saturated rings. The molecule has 1 atom stereocenters. The molecule has 0 saturated carbocycles. The van der Waals surface area contributed by atoms with Crippen molar-refractivity contribution in [2.24, 2.45) is 0 Å². The monoisotopic (exact) mass is 1070 g/mol. The molecule has 6 heteroatoms. The molecule has 0 amide bonds. The third-order valence-electron chi connectivity index (χ3n) is 14.7.